The summed E-state index contributed by atoms with van der Waals surface area (Å²) in [6.07, 6.45) is 2.08. The van der Waals surface area contributed by atoms with Crippen molar-refractivity contribution in [2.75, 3.05) is 14.7 Å². The molecule has 0 saturated carbocycles. The van der Waals surface area contributed by atoms with Crippen molar-refractivity contribution in [3.63, 3.8) is 0 Å². The van der Waals surface area contributed by atoms with Crippen molar-refractivity contribution in [2.45, 2.75) is 130 Å². The number of hydrogen-bond donors (Lipinski definition) is 0. The highest BCUT2D eigenvalue weighted by Crippen LogP contribution is 2.65. The number of fused-ring (bicyclic) bond motifs is 9. The Morgan fingerprint density at radius 3 is 1.46 bits per heavy atom. The maximum absolute atomic E-state index is 2.83. The molecule has 0 radical (unpaired) electrons. The van der Waals surface area contributed by atoms with Gasteiger partial charge in [0, 0.05) is 50.7 Å². The molecule has 3 heterocycles. The molecule has 4 aliphatic rings. The largest absolute Gasteiger partial charge is 0.330 e. The summed E-state index contributed by atoms with van der Waals surface area (Å²) in [7, 11) is 0. The van der Waals surface area contributed by atoms with Gasteiger partial charge in [0.05, 0.1) is 16.9 Å². The van der Waals surface area contributed by atoms with E-state index in [0.717, 1.165) is 18.5 Å². The SMILES string of the molecule is Cc1cc(C)c2c(c1)C1(C)CCc3ccccc3C1(C)N2c1cc2c3c(c1)N(c1ccc(C(C)(C)C)cc1-c1ccccc1)c1cc(-c4ccccc4)ccc1B3c1cc(C(C)(C)C)ccc1N2c1ccc(C(C)(C)C)cc1-c1ccccc1. The van der Waals surface area contributed by atoms with Gasteiger partial charge < -0.3 is 14.7 Å². The second-order valence-corrected chi connectivity index (χ2v) is 28.2. The van der Waals surface area contributed by atoms with Gasteiger partial charge in [-0.15, -0.1) is 0 Å². The lowest BCUT2D eigenvalue weighted by molar-refractivity contribution is 0.245. The Balaban J connectivity index is 1.18. The van der Waals surface area contributed by atoms with Crippen LogP contribution < -0.4 is 31.1 Å². The molecule has 14 rings (SSSR count). The van der Waals surface area contributed by atoms with E-state index in [4.69, 9.17) is 0 Å². The molecule has 2 unspecified atom stereocenters. The molecular weight excluding hydrogens is 1010 g/mol. The highest BCUT2D eigenvalue weighted by molar-refractivity contribution is 7.00. The van der Waals surface area contributed by atoms with Crippen molar-refractivity contribution in [1.29, 1.82) is 0 Å². The molecule has 0 aromatic heterocycles. The Hall–Kier alpha value is -8.34. The normalized spacial score (nSPS) is 17.7. The molecule has 2 atom stereocenters. The monoisotopic (exact) mass is 1090 g/mol. The summed E-state index contributed by atoms with van der Waals surface area (Å²) in [4.78, 5) is 8.21. The van der Waals surface area contributed by atoms with Gasteiger partial charge in [0.15, 0.2) is 0 Å². The summed E-state index contributed by atoms with van der Waals surface area (Å²) in [5.74, 6) is 0. The molecular formula is C80H78BN3. The fourth-order valence-electron chi connectivity index (χ4n) is 15.2. The van der Waals surface area contributed by atoms with Gasteiger partial charge in [-0.25, -0.2) is 0 Å². The van der Waals surface area contributed by atoms with E-state index in [1.165, 1.54) is 134 Å². The Kier molecular flexibility index (Phi) is 12.2. The second-order valence-electron chi connectivity index (χ2n) is 28.2. The van der Waals surface area contributed by atoms with E-state index in [0.29, 0.717) is 0 Å². The fraction of sp³-hybridized carbons (Fsp3) is 0.250. The number of benzene rings is 10. The Labute approximate surface area is 500 Å². The third kappa shape index (κ3) is 8.21. The van der Waals surface area contributed by atoms with Crippen LogP contribution in [0.25, 0.3) is 33.4 Å². The van der Waals surface area contributed by atoms with Gasteiger partial charge in [0.25, 0.3) is 6.71 Å². The van der Waals surface area contributed by atoms with Gasteiger partial charge in [-0.1, -0.05) is 239 Å². The van der Waals surface area contributed by atoms with Crippen LogP contribution in [0.15, 0.2) is 212 Å². The lowest BCUT2D eigenvalue weighted by Gasteiger charge is -2.52. The van der Waals surface area contributed by atoms with Gasteiger partial charge >= 0.3 is 0 Å². The molecule has 4 heteroatoms. The minimum Gasteiger partial charge on any atom is -0.330 e. The molecule has 416 valence electrons. The van der Waals surface area contributed by atoms with Crippen LogP contribution in [0.5, 0.6) is 0 Å². The molecule has 3 nitrogen and oxygen atoms in total. The van der Waals surface area contributed by atoms with Crippen molar-refractivity contribution in [3.05, 3.63) is 257 Å². The first kappa shape index (κ1) is 53.7. The first-order chi connectivity index (χ1) is 40.1. The molecule has 0 fully saturated rings. The Morgan fingerprint density at radius 2 is 0.905 bits per heavy atom. The topological polar surface area (TPSA) is 9.72 Å². The van der Waals surface area contributed by atoms with Crippen molar-refractivity contribution < 1.29 is 0 Å². The van der Waals surface area contributed by atoms with Crippen LogP contribution in [0.1, 0.15) is 127 Å². The Morgan fingerprint density at radius 1 is 0.405 bits per heavy atom. The predicted octanol–water partition coefficient (Wildman–Crippen LogP) is 19.6. The zero-order valence-corrected chi connectivity index (χ0v) is 51.5. The van der Waals surface area contributed by atoms with Crippen molar-refractivity contribution in [1.82, 2.24) is 0 Å². The van der Waals surface area contributed by atoms with Crippen LogP contribution in [-0.4, -0.2) is 6.71 Å². The van der Waals surface area contributed by atoms with Gasteiger partial charge in [-0.3, -0.25) is 0 Å². The zero-order chi connectivity index (χ0) is 58.4. The van der Waals surface area contributed by atoms with Crippen LogP contribution in [0, 0.1) is 13.8 Å². The maximum Gasteiger partial charge on any atom is 0.252 e. The molecule has 0 amide bonds. The highest BCUT2D eigenvalue weighted by atomic mass is 15.3. The third-order valence-electron chi connectivity index (χ3n) is 19.9. The molecule has 84 heavy (non-hydrogen) atoms. The number of rotatable bonds is 6. The minimum atomic E-state index is -0.451. The van der Waals surface area contributed by atoms with E-state index in [9.17, 15) is 0 Å². The molecule has 10 aromatic rings. The summed E-state index contributed by atoms with van der Waals surface area (Å²) in [6.45, 7) is 30.8. The summed E-state index contributed by atoms with van der Waals surface area (Å²) >= 11 is 0. The van der Waals surface area contributed by atoms with Crippen molar-refractivity contribution in [3.8, 4) is 33.4 Å². The number of nitrogens with zero attached hydrogens (tertiary/aromatic N) is 3. The fourth-order valence-corrected chi connectivity index (χ4v) is 15.2. The van der Waals surface area contributed by atoms with Crippen molar-refractivity contribution >= 4 is 68.6 Å². The van der Waals surface area contributed by atoms with Gasteiger partial charge in [0.1, 0.15) is 0 Å². The molecule has 0 N–H and O–H groups in total. The number of anilines is 8. The van der Waals surface area contributed by atoms with Crippen LogP contribution in [0.4, 0.5) is 45.5 Å². The van der Waals surface area contributed by atoms with Gasteiger partial charge in [0.2, 0.25) is 0 Å². The predicted molar refractivity (Wildman–Crippen MR) is 360 cm³/mol. The average molecular weight is 1090 g/mol. The number of aryl methyl sites for hydroxylation is 3. The molecule has 0 saturated heterocycles. The van der Waals surface area contributed by atoms with Crippen LogP contribution in [-0.2, 0) is 33.6 Å². The minimum absolute atomic E-state index is 0.0762. The summed E-state index contributed by atoms with van der Waals surface area (Å²) in [5, 5.41) is 0. The molecule has 0 bridgehead atoms. The Bertz CT molecular complexity index is 4270. The molecule has 1 aliphatic carbocycles. The van der Waals surface area contributed by atoms with E-state index < -0.39 is 5.54 Å². The van der Waals surface area contributed by atoms with Crippen LogP contribution in [0.2, 0.25) is 0 Å². The molecule has 3 aliphatic heterocycles. The summed E-state index contributed by atoms with van der Waals surface area (Å²) < 4.78 is 0. The lowest BCUT2D eigenvalue weighted by atomic mass is 9.33. The highest BCUT2D eigenvalue weighted by Gasteiger charge is 2.61. The van der Waals surface area contributed by atoms with Crippen molar-refractivity contribution in [2.24, 2.45) is 0 Å². The summed E-state index contributed by atoms with van der Waals surface area (Å²) in [6, 6.07) is 82.4. The van der Waals surface area contributed by atoms with E-state index in [2.05, 4.69) is 317 Å². The molecule has 0 spiro atoms. The second kappa shape index (κ2) is 19.1. The third-order valence-corrected chi connectivity index (χ3v) is 19.9. The van der Waals surface area contributed by atoms with Crippen LogP contribution in [0.3, 0.4) is 0 Å². The van der Waals surface area contributed by atoms with Crippen LogP contribution >= 0.6 is 0 Å². The van der Waals surface area contributed by atoms with E-state index in [-0.39, 0.29) is 28.4 Å². The zero-order valence-electron chi connectivity index (χ0n) is 51.5. The van der Waals surface area contributed by atoms with Gasteiger partial charge in [-0.05, 0) is 176 Å². The first-order valence-corrected chi connectivity index (χ1v) is 30.7. The standard InChI is InChI=1S/C80H78BN3/c1-51-43-52(2)75-65(44-51)79(12)42-41-56-31-23-24-32-64(56)80(79,13)84(75)61-49-72-74-73(50-61)83(69-39-35-59(77(6,7)8)47-63(69)55-29-21-16-22-30-55)71-45-57(53-25-17-14-18-26-53)33-37-66(71)81(74)67-48-60(78(9,10)11)36-40-70(67)82(72)68-38-34-58(76(3,4)5)46-62(68)54-27-19-15-20-28-54/h14-40,43-50H,41-42H2,1-13H3. The van der Waals surface area contributed by atoms with Gasteiger partial charge in [-0.2, -0.15) is 0 Å². The lowest BCUT2D eigenvalue weighted by Crippen LogP contribution is -2.61. The average Bonchev–Trinajstić information content (AvgIpc) is 1.58. The maximum atomic E-state index is 2.83. The van der Waals surface area contributed by atoms with E-state index in [1.807, 2.05) is 0 Å². The number of hydrogen-bond acceptors (Lipinski definition) is 3. The quantitative estimate of drug-likeness (QED) is 0.154. The smallest absolute Gasteiger partial charge is 0.252 e. The first-order valence-electron chi connectivity index (χ1n) is 30.7. The van der Waals surface area contributed by atoms with E-state index in [1.54, 1.807) is 0 Å². The summed E-state index contributed by atoms with van der Waals surface area (Å²) in [5.41, 5.74) is 30.7. The molecule has 10 aromatic carbocycles. The van der Waals surface area contributed by atoms with E-state index >= 15 is 0 Å².